The Morgan fingerprint density at radius 2 is 2.00 bits per heavy atom. The van der Waals surface area contributed by atoms with Crippen molar-refractivity contribution >= 4 is 21.8 Å². The molecule has 138 valence electrons. The molecular weight excluding hydrogens is 394 g/mol. The van der Waals surface area contributed by atoms with Crippen LogP contribution in [0.25, 0.3) is 0 Å². The average Bonchev–Trinajstić information content (AvgIpc) is 2.60. The first-order valence-electron chi connectivity index (χ1n) is 8.93. The van der Waals surface area contributed by atoms with Crippen molar-refractivity contribution < 1.29 is 4.79 Å². The zero-order valence-electron chi connectivity index (χ0n) is 15.0. The number of hydrogen-bond donors (Lipinski definition) is 1. The van der Waals surface area contributed by atoms with Crippen LogP contribution >= 0.6 is 15.9 Å². The van der Waals surface area contributed by atoms with Crippen molar-refractivity contribution in [2.75, 3.05) is 13.1 Å². The van der Waals surface area contributed by atoms with Gasteiger partial charge in [-0.25, -0.2) is 0 Å². The third-order valence-electron chi connectivity index (χ3n) is 4.70. The number of nitrogens with one attached hydrogen (secondary N) is 1. The number of rotatable bonds is 5. The zero-order chi connectivity index (χ0) is 18.5. The topological polar surface area (TPSA) is 54.3 Å². The molecule has 1 amide bonds. The second-order valence-corrected chi connectivity index (χ2v) is 7.84. The van der Waals surface area contributed by atoms with Gasteiger partial charge in [0.1, 0.15) is 6.54 Å². The molecule has 5 nitrogen and oxygen atoms in total. The molecule has 26 heavy (non-hydrogen) atoms. The number of pyridine rings is 1. The van der Waals surface area contributed by atoms with Crippen molar-refractivity contribution in [1.82, 2.24) is 14.8 Å². The molecule has 0 aliphatic carbocycles. The van der Waals surface area contributed by atoms with Gasteiger partial charge in [-0.1, -0.05) is 29.8 Å². The van der Waals surface area contributed by atoms with Crippen LogP contribution < -0.4 is 10.9 Å². The average molecular weight is 418 g/mol. The van der Waals surface area contributed by atoms with Crippen molar-refractivity contribution in [2.45, 2.75) is 38.9 Å². The molecule has 1 aliphatic heterocycles. The van der Waals surface area contributed by atoms with Crippen molar-refractivity contribution in [1.29, 1.82) is 0 Å². The van der Waals surface area contributed by atoms with Crippen LogP contribution in [-0.4, -0.2) is 34.5 Å². The SMILES string of the molecule is Cc1cccc(CN2CCC(NC(=O)Cn3cc(Br)ccc3=O)CC2)c1. The van der Waals surface area contributed by atoms with E-state index in [4.69, 9.17) is 0 Å². The van der Waals surface area contributed by atoms with E-state index < -0.39 is 0 Å². The maximum atomic E-state index is 12.3. The van der Waals surface area contributed by atoms with E-state index in [0.29, 0.717) is 0 Å². The fraction of sp³-hybridized carbons (Fsp3) is 0.400. The summed E-state index contributed by atoms with van der Waals surface area (Å²) in [6.07, 6.45) is 3.52. The number of nitrogens with zero attached hydrogens (tertiary/aromatic N) is 2. The minimum absolute atomic E-state index is 0.0573. The van der Waals surface area contributed by atoms with Crippen LogP contribution in [0.5, 0.6) is 0 Å². The van der Waals surface area contributed by atoms with E-state index >= 15 is 0 Å². The summed E-state index contributed by atoms with van der Waals surface area (Å²) in [4.78, 5) is 26.5. The first kappa shape index (κ1) is 18.9. The Morgan fingerprint density at radius 3 is 2.73 bits per heavy atom. The lowest BCUT2D eigenvalue weighted by Crippen LogP contribution is -2.45. The molecule has 2 aromatic rings. The van der Waals surface area contributed by atoms with E-state index in [1.807, 2.05) is 0 Å². The summed E-state index contributed by atoms with van der Waals surface area (Å²) >= 11 is 3.33. The van der Waals surface area contributed by atoms with Gasteiger partial charge < -0.3 is 9.88 Å². The van der Waals surface area contributed by atoms with Gasteiger partial charge in [-0.05, 0) is 47.3 Å². The molecule has 0 unspecified atom stereocenters. The lowest BCUT2D eigenvalue weighted by Gasteiger charge is -2.32. The van der Waals surface area contributed by atoms with Gasteiger partial charge in [0.05, 0.1) is 0 Å². The number of halogens is 1. The Balaban J connectivity index is 1.47. The fourth-order valence-electron chi connectivity index (χ4n) is 3.36. The Labute approximate surface area is 162 Å². The number of carbonyl (C=O) groups is 1. The van der Waals surface area contributed by atoms with Gasteiger partial charge in [-0.3, -0.25) is 14.5 Å². The molecule has 2 heterocycles. The second kappa shape index (κ2) is 8.64. The van der Waals surface area contributed by atoms with Gasteiger partial charge in [-0.2, -0.15) is 0 Å². The Morgan fingerprint density at radius 1 is 1.23 bits per heavy atom. The Kier molecular flexibility index (Phi) is 6.27. The summed E-state index contributed by atoms with van der Waals surface area (Å²) < 4.78 is 2.21. The van der Waals surface area contributed by atoms with Crippen molar-refractivity contribution in [3.8, 4) is 0 Å². The number of hydrogen-bond acceptors (Lipinski definition) is 3. The Hall–Kier alpha value is -1.92. The van der Waals surface area contributed by atoms with E-state index in [1.165, 1.54) is 21.8 Å². The fourth-order valence-corrected chi connectivity index (χ4v) is 3.74. The normalized spacial score (nSPS) is 15.8. The van der Waals surface area contributed by atoms with Crippen LogP contribution in [0.15, 0.2) is 51.9 Å². The van der Waals surface area contributed by atoms with E-state index in [2.05, 4.69) is 57.3 Å². The molecule has 6 heteroatoms. The third kappa shape index (κ3) is 5.29. The molecule has 0 saturated carbocycles. The summed E-state index contributed by atoms with van der Waals surface area (Å²) in [5, 5.41) is 3.07. The standard InChI is InChI=1S/C20H24BrN3O2/c1-15-3-2-4-16(11-15)12-23-9-7-18(8-10-23)22-19(25)14-24-13-17(21)5-6-20(24)26/h2-6,11,13,18H,7-10,12,14H2,1H3,(H,22,25). The highest BCUT2D eigenvalue weighted by molar-refractivity contribution is 9.10. The van der Waals surface area contributed by atoms with Gasteiger partial charge >= 0.3 is 0 Å². The lowest BCUT2D eigenvalue weighted by molar-refractivity contribution is -0.122. The minimum Gasteiger partial charge on any atom is -0.352 e. The number of amides is 1. The van der Waals surface area contributed by atoms with Crippen LogP contribution in [-0.2, 0) is 17.9 Å². The molecule has 1 aromatic carbocycles. The molecule has 1 N–H and O–H groups in total. The highest BCUT2D eigenvalue weighted by Crippen LogP contribution is 2.15. The monoisotopic (exact) mass is 417 g/mol. The van der Waals surface area contributed by atoms with Crippen LogP contribution in [0.2, 0.25) is 0 Å². The van der Waals surface area contributed by atoms with Gasteiger partial charge in [0.2, 0.25) is 5.91 Å². The highest BCUT2D eigenvalue weighted by Gasteiger charge is 2.21. The van der Waals surface area contributed by atoms with Crippen LogP contribution in [0.1, 0.15) is 24.0 Å². The maximum Gasteiger partial charge on any atom is 0.251 e. The summed E-state index contributed by atoms with van der Waals surface area (Å²) in [7, 11) is 0. The molecule has 0 spiro atoms. The van der Waals surface area contributed by atoms with Crippen LogP contribution in [0.3, 0.4) is 0 Å². The van der Waals surface area contributed by atoms with Gasteiger partial charge in [0.15, 0.2) is 0 Å². The number of aryl methyl sites for hydroxylation is 1. The molecule has 1 saturated heterocycles. The van der Waals surface area contributed by atoms with E-state index in [-0.39, 0.29) is 24.1 Å². The van der Waals surface area contributed by atoms with Gasteiger partial charge in [-0.15, -0.1) is 0 Å². The zero-order valence-corrected chi connectivity index (χ0v) is 16.5. The molecular formula is C20H24BrN3O2. The smallest absolute Gasteiger partial charge is 0.251 e. The summed E-state index contributed by atoms with van der Waals surface area (Å²) in [6, 6.07) is 11.9. The first-order chi connectivity index (χ1) is 12.5. The van der Waals surface area contributed by atoms with Crippen LogP contribution in [0, 0.1) is 6.92 Å². The summed E-state index contributed by atoms with van der Waals surface area (Å²) in [6.45, 7) is 5.06. The van der Waals surface area contributed by atoms with Gasteiger partial charge in [0, 0.05) is 42.4 Å². The second-order valence-electron chi connectivity index (χ2n) is 6.92. The minimum atomic E-state index is -0.170. The number of benzene rings is 1. The highest BCUT2D eigenvalue weighted by atomic mass is 79.9. The Bertz CT molecular complexity index is 826. The summed E-state index contributed by atoms with van der Waals surface area (Å²) in [5.74, 6) is -0.109. The number of aromatic nitrogens is 1. The number of likely N-dealkylation sites (tertiary alicyclic amines) is 1. The molecule has 1 fully saturated rings. The van der Waals surface area contributed by atoms with Gasteiger partial charge in [0.25, 0.3) is 5.56 Å². The lowest BCUT2D eigenvalue weighted by atomic mass is 10.0. The van der Waals surface area contributed by atoms with Crippen molar-refractivity contribution in [2.24, 2.45) is 0 Å². The molecule has 1 aromatic heterocycles. The molecule has 3 rings (SSSR count). The maximum absolute atomic E-state index is 12.3. The predicted octanol–water partition coefficient (Wildman–Crippen LogP) is 2.70. The third-order valence-corrected chi connectivity index (χ3v) is 5.17. The van der Waals surface area contributed by atoms with E-state index in [0.717, 1.165) is 36.9 Å². The van der Waals surface area contributed by atoms with Crippen LogP contribution in [0.4, 0.5) is 0 Å². The van der Waals surface area contributed by atoms with E-state index in [9.17, 15) is 9.59 Å². The molecule has 0 bridgehead atoms. The first-order valence-corrected chi connectivity index (χ1v) is 9.72. The number of piperidine rings is 1. The molecule has 0 atom stereocenters. The molecule has 1 aliphatic rings. The summed E-state index contributed by atoms with van der Waals surface area (Å²) in [5.41, 5.74) is 2.45. The number of carbonyl (C=O) groups excluding carboxylic acids is 1. The largest absolute Gasteiger partial charge is 0.352 e. The van der Waals surface area contributed by atoms with E-state index in [1.54, 1.807) is 12.3 Å². The van der Waals surface area contributed by atoms with Crippen molar-refractivity contribution in [3.05, 3.63) is 68.5 Å². The molecule has 0 radical (unpaired) electrons. The quantitative estimate of drug-likeness (QED) is 0.813. The predicted molar refractivity (Wildman–Crippen MR) is 106 cm³/mol. The van der Waals surface area contributed by atoms with Crippen molar-refractivity contribution in [3.63, 3.8) is 0 Å².